The first-order valence-corrected chi connectivity index (χ1v) is 5.76. The van der Waals surface area contributed by atoms with Gasteiger partial charge in [-0.2, -0.15) is 0 Å². The number of rotatable bonds is 4. The average molecular weight is 199 g/mol. The van der Waals surface area contributed by atoms with Crippen LogP contribution in [0.4, 0.5) is 0 Å². The lowest BCUT2D eigenvalue weighted by atomic mass is 10.0. The van der Waals surface area contributed by atoms with Crippen molar-refractivity contribution in [3.05, 3.63) is 0 Å². The molecule has 3 heteroatoms. The summed E-state index contributed by atoms with van der Waals surface area (Å²) in [6.07, 6.45) is 1.14. The van der Waals surface area contributed by atoms with Crippen LogP contribution in [-0.2, 0) is 0 Å². The van der Waals surface area contributed by atoms with Gasteiger partial charge in [0.1, 0.15) is 0 Å². The van der Waals surface area contributed by atoms with Crippen molar-refractivity contribution in [3.8, 4) is 0 Å². The van der Waals surface area contributed by atoms with Gasteiger partial charge in [0.15, 0.2) is 0 Å². The highest BCUT2D eigenvalue weighted by atomic mass is 15.2. The Morgan fingerprint density at radius 3 is 2.21 bits per heavy atom. The van der Waals surface area contributed by atoms with E-state index in [0.29, 0.717) is 12.0 Å². The van der Waals surface area contributed by atoms with Crippen molar-refractivity contribution >= 4 is 0 Å². The van der Waals surface area contributed by atoms with Crippen LogP contribution in [0.15, 0.2) is 0 Å². The molecule has 0 spiro atoms. The molecule has 0 amide bonds. The van der Waals surface area contributed by atoms with Crippen LogP contribution >= 0.6 is 0 Å². The molecule has 14 heavy (non-hydrogen) atoms. The number of piperazine rings is 1. The van der Waals surface area contributed by atoms with E-state index in [0.717, 1.165) is 6.42 Å². The van der Waals surface area contributed by atoms with Gasteiger partial charge in [-0.3, -0.25) is 0 Å². The summed E-state index contributed by atoms with van der Waals surface area (Å²) in [6.45, 7) is 10.4. The molecule has 3 nitrogen and oxygen atoms in total. The number of hydrogen-bond acceptors (Lipinski definition) is 3. The summed E-state index contributed by atoms with van der Waals surface area (Å²) in [5, 5.41) is 0. The minimum Gasteiger partial charge on any atom is -0.327 e. The molecule has 1 heterocycles. The Balaban J connectivity index is 2.13. The Morgan fingerprint density at radius 2 is 1.71 bits per heavy atom. The predicted octanol–water partition coefficient (Wildman–Crippen LogP) is 0.607. The summed E-state index contributed by atoms with van der Waals surface area (Å²) >= 11 is 0. The first-order chi connectivity index (χ1) is 6.59. The molecule has 0 bridgehead atoms. The van der Waals surface area contributed by atoms with E-state index in [1.807, 2.05) is 0 Å². The Labute approximate surface area is 88.2 Å². The van der Waals surface area contributed by atoms with Crippen LogP contribution in [0, 0.1) is 5.92 Å². The van der Waals surface area contributed by atoms with Gasteiger partial charge in [-0.05, 0) is 25.9 Å². The first kappa shape index (κ1) is 12.0. The molecular formula is C11H25N3. The van der Waals surface area contributed by atoms with E-state index in [1.54, 1.807) is 0 Å². The number of nitrogens with zero attached hydrogens (tertiary/aromatic N) is 2. The topological polar surface area (TPSA) is 32.5 Å². The molecular weight excluding hydrogens is 174 g/mol. The normalized spacial score (nSPS) is 22.9. The van der Waals surface area contributed by atoms with Crippen molar-refractivity contribution in [2.75, 3.05) is 39.8 Å². The second-order valence-corrected chi connectivity index (χ2v) is 4.84. The van der Waals surface area contributed by atoms with Crippen LogP contribution in [0.3, 0.4) is 0 Å². The average Bonchev–Trinajstić information content (AvgIpc) is 2.16. The van der Waals surface area contributed by atoms with Crippen LogP contribution in [0.25, 0.3) is 0 Å². The molecule has 0 unspecified atom stereocenters. The second kappa shape index (κ2) is 5.69. The smallest absolute Gasteiger partial charge is 0.0110 e. The van der Waals surface area contributed by atoms with Crippen LogP contribution in [0.5, 0.6) is 0 Å². The van der Waals surface area contributed by atoms with E-state index in [1.165, 1.54) is 32.7 Å². The fourth-order valence-corrected chi connectivity index (χ4v) is 1.74. The first-order valence-electron chi connectivity index (χ1n) is 5.76. The maximum absolute atomic E-state index is 6.02. The fraction of sp³-hybridized carbons (Fsp3) is 1.00. The van der Waals surface area contributed by atoms with Crippen LogP contribution in [0.2, 0.25) is 0 Å². The highest BCUT2D eigenvalue weighted by molar-refractivity contribution is 4.72. The molecule has 0 aromatic carbocycles. The summed E-state index contributed by atoms with van der Waals surface area (Å²) in [6, 6.07) is 0.370. The van der Waals surface area contributed by atoms with Crippen LogP contribution in [0.1, 0.15) is 20.3 Å². The summed E-state index contributed by atoms with van der Waals surface area (Å²) in [7, 11) is 2.19. The zero-order chi connectivity index (χ0) is 10.6. The largest absolute Gasteiger partial charge is 0.327 e. The van der Waals surface area contributed by atoms with E-state index >= 15 is 0 Å². The van der Waals surface area contributed by atoms with Crippen molar-refractivity contribution in [2.45, 2.75) is 26.3 Å². The van der Waals surface area contributed by atoms with E-state index in [4.69, 9.17) is 5.73 Å². The molecule has 1 fully saturated rings. The van der Waals surface area contributed by atoms with Gasteiger partial charge in [0.05, 0.1) is 0 Å². The van der Waals surface area contributed by atoms with Gasteiger partial charge in [-0.1, -0.05) is 13.8 Å². The highest BCUT2D eigenvalue weighted by Gasteiger charge is 2.15. The lowest BCUT2D eigenvalue weighted by Crippen LogP contribution is -2.45. The van der Waals surface area contributed by atoms with Gasteiger partial charge in [-0.25, -0.2) is 0 Å². The third-order valence-electron chi connectivity index (χ3n) is 3.23. The Morgan fingerprint density at radius 1 is 1.14 bits per heavy atom. The molecule has 1 saturated heterocycles. The SMILES string of the molecule is CC(C)[C@H](N)CCN1CCN(C)CC1. The quantitative estimate of drug-likeness (QED) is 0.720. The lowest BCUT2D eigenvalue weighted by Gasteiger charge is -2.33. The van der Waals surface area contributed by atoms with Gasteiger partial charge < -0.3 is 15.5 Å². The number of likely N-dealkylation sites (N-methyl/N-ethyl adjacent to an activating group) is 1. The van der Waals surface area contributed by atoms with Gasteiger partial charge in [-0.15, -0.1) is 0 Å². The van der Waals surface area contributed by atoms with Gasteiger partial charge in [0.25, 0.3) is 0 Å². The Bertz CT molecular complexity index is 151. The molecule has 1 atom stereocenters. The molecule has 1 rings (SSSR count). The maximum Gasteiger partial charge on any atom is 0.0110 e. The standard InChI is InChI=1S/C11H25N3/c1-10(2)11(12)4-5-14-8-6-13(3)7-9-14/h10-11H,4-9,12H2,1-3H3/t11-/m1/s1. The monoisotopic (exact) mass is 199 g/mol. The van der Waals surface area contributed by atoms with Crippen molar-refractivity contribution in [2.24, 2.45) is 11.7 Å². The van der Waals surface area contributed by atoms with Crippen molar-refractivity contribution in [3.63, 3.8) is 0 Å². The maximum atomic E-state index is 6.02. The minimum absolute atomic E-state index is 0.370. The van der Waals surface area contributed by atoms with Gasteiger partial charge in [0, 0.05) is 32.2 Å². The van der Waals surface area contributed by atoms with E-state index < -0.39 is 0 Å². The zero-order valence-corrected chi connectivity index (χ0v) is 9.87. The molecule has 0 aliphatic carbocycles. The molecule has 84 valence electrons. The molecule has 0 aromatic rings. The molecule has 1 aliphatic heterocycles. The van der Waals surface area contributed by atoms with Crippen molar-refractivity contribution < 1.29 is 0 Å². The summed E-state index contributed by atoms with van der Waals surface area (Å²) in [5.41, 5.74) is 6.02. The summed E-state index contributed by atoms with van der Waals surface area (Å²) in [4.78, 5) is 4.92. The second-order valence-electron chi connectivity index (χ2n) is 4.84. The number of hydrogen-bond donors (Lipinski definition) is 1. The summed E-state index contributed by atoms with van der Waals surface area (Å²) < 4.78 is 0. The summed E-state index contributed by atoms with van der Waals surface area (Å²) in [5.74, 6) is 0.613. The Kier molecular flexibility index (Phi) is 4.85. The Hall–Kier alpha value is -0.120. The highest BCUT2D eigenvalue weighted by Crippen LogP contribution is 2.06. The van der Waals surface area contributed by atoms with Crippen LogP contribution in [-0.4, -0.2) is 55.6 Å². The van der Waals surface area contributed by atoms with Gasteiger partial charge >= 0.3 is 0 Å². The van der Waals surface area contributed by atoms with Crippen molar-refractivity contribution in [1.82, 2.24) is 9.80 Å². The van der Waals surface area contributed by atoms with Gasteiger partial charge in [0.2, 0.25) is 0 Å². The molecule has 2 N–H and O–H groups in total. The third kappa shape index (κ3) is 3.95. The molecule has 1 aliphatic rings. The lowest BCUT2D eigenvalue weighted by molar-refractivity contribution is 0.148. The third-order valence-corrected chi connectivity index (χ3v) is 3.23. The zero-order valence-electron chi connectivity index (χ0n) is 9.87. The minimum atomic E-state index is 0.370. The number of nitrogens with two attached hydrogens (primary N) is 1. The predicted molar refractivity (Wildman–Crippen MR) is 61.4 cm³/mol. The van der Waals surface area contributed by atoms with E-state index in [9.17, 15) is 0 Å². The van der Waals surface area contributed by atoms with E-state index in [2.05, 4.69) is 30.7 Å². The molecule has 0 saturated carbocycles. The van der Waals surface area contributed by atoms with Crippen molar-refractivity contribution in [1.29, 1.82) is 0 Å². The fourth-order valence-electron chi connectivity index (χ4n) is 1.74. The molecule has 0 radical (unpaired) electrons. The molecule has 0 aromatic heterocycles. The van der Waals surface area contributed by atoms with Crippen LogP contribution < -0.4 is 5.73 Å². The van der Waals surface area contributed by atoms with E-state index in [-0.39, 0.29) is 0 Å².